The van der Waals surface area contributed by atoms with Crippen LogP contribution < -0.4 is 22.1 Å². The molecule has 1 fully saturated rings. The first kappa shape index (κ1) is 16.1. The van der Waals surface area contributed by atoms with E-state index in [1.165, 1.54) is 0 Å². The number of amides is 2. The number of benzene rings is 1. The first-order chi connectivity index (χ1) is 10.6. The van der Waals surface area contributed by atoms with E-state index in [1.807, 2.05) is 18.2 Å². The van der Waals surface area contributed by atoms with Crippen LogP contribution in [-0.2, 0) is 16.1 Å². The van der Waals surface area contributed by atoms with E-state index in [0.29, 0.717) is 25.2 Å². The van der Waals surface area contributed by atoms with Crippen molar-refractivity contribution in [3.8, 4) is 0 Å². The van der Waals surface area contributed by atoms with Crippen LogP contribution in [0.15, 0.2) is 18.2 Å². The second-order valence-corrected chi connectivity index (χ2v) is 5.34. The zero-order valence-electron chi connectivity index (χ0n) is 12.8. The predicted molar refractivity (Wildman–Crippen MR) is 86.0 cm³/mol. The minimum Gasteiger partial charge on any atom is -0.397 e. The molecule has 0 radical (unpaired) electrons. The SMILES string of the molecule is CNc1ccc(CNC(=O)C2CCCN2C(=O)CN)cc1N. The van der Waals surface area contributed by atoms with Crippen LogP contribution in [0.2, 0.25) is 0 Å². The molecule has 1 atom stereocenters. The van der Waals surface area contributed by atoms with Gasteiger partial charge in [0.1, 0.15) is 6.04 Å². The molecule has 1 saturated heterocycles. The maximum Gasteiger partial charge on any atom is 0.243 e. The molecule has 1 heterocycles. The summed E-state index contributed by atoms with van der Waals surface area (Å²) < 4.78 is 0. The Bertz CT molecular complexity index is 561. The van der Waals surface area contributed by atoms with Crippen LogP contribution in [0.4, 0.5) is 11.4 Å². The number of nitrogens with one attached hydrogen (secondary N) is 2. The minimum atomic E-state index is -0.412. The summed E-state index contributed by atoms with van der Waals surface area (Å²) in [6.45, 7) is 0.915. The molecule has 0 aliphatic carbocycles. The highest BCUT2D eigenvalue weighted by Gasteiger charge is 2.33. The molecular weight excluding hydrogens is 282 g/mol. The van der Waals surface area contributed by atoms with E-state index in [0.717, 1.165) is 17.7 Å². The van der Waals surface area contributed by atoms with Gasteiger partial charge in [0, 0.05) is 20.1 Å². The second-order valence-electron chi connectivity index (χ2n) is 5.34. The van der Waals surface area contributed by atoms with Crippen molar-refractivity contribution in [1.82, 2.24) is 10.2 Å². The van der Waals surface area contributed by atoms with Gasteiger partial charge in [-0.15, -0.1) is 0 Å². The molecular formula is C15H23N5O2. The van der Waals surface area contributed by atoms with Gasteiger partial charge in [-0.2, -0.15) is 0 Å². The van der Waals surface area contributed by atoms with Crippen molar-refractivity contribution >= 4 is 23.2 Å². The molecule has 1 aliphatic heterocycles. The molecule has 7 heteroatoms. The molecule has 0 aromatic heterocycles. The van der Waals surface area contributed by atoms with Crippen molar-refractivity contribution in [3.63, 3.8) is 0 Å². The third kappa shape index (κ3) is 3.48. The van der Waals surface area contributed by atoms with Gasteiger partial charge in [0.05, 0.1) is 17.9 Å². The third-order valence-electron chi connectivity index (χ3n) is 3.90. The van der Waals surface area contributed by atoms with E-state index >= 15 is 0 Å². The van der Waals surface area contributed by atoms with Crippen LogP contribution in [0.3, 0.4) is 0 Å². The lowest BCUT2D eigenvalue weighted by molar-refractivity contribution is -0.137. The first-order valence-electron chi connectivity index (χ1n) is 7.40. The molecule has 1 aromatic rings. The van der Waals surface area contributed by atoms with Crippen molar-refractivity contribution in [2.45, 2.75) is 25.4 Å². The number of carbonyl (C=O) groups is 2. The topological polar surface area (TPSA) is 113 Å². The van der Waals surface area contributed by atoms with Crippen LogP contribution >= 0.6 is 0 Å². The van der Waals surface area contributed by atoms with Crippen LogP contribution in [0.5, 0.6) is 0 Å². The van der Waals surface area contributed by atoms with Crippen LogP contribution in [0, 0.1) is 0 Å². The van der Waals surface area contributed by atoms with Gasteiger partial charge < -0.3 is 27.0 Å². The van der Waals surface area contributed by atoms with Crippen molar-refractivity contribution in [2.75, 3.05) is 31.2 Å². The van der Waals surface area contributed by atoms with Gasteiger partial charge in [-0.1, -0.05) is 6.07 Å². The number of carbonyl (C=O) groups excluding carboxylic acids is 2. The van der Waals surface area contributed by atoms with Crippen molar-refractivity contribution in [2.24, 2.45) is 5.73 Å². The number of likely N-dealkylation sites (tertiary alicyclic amines) is 1. The number of nitrogens with zero attached hydrogens (tertiary/aromatic N) is 1. The Kier molecular flexibility index (Phi) is 5.21. The Morgan fingerprint density at radius 2 is 2.18 bits per heavy atom. The summed E-state index contributed by atoms with van der Waals surface area (Å²) in [7, 11) is 1.80. The van der Waals surface area contributed by atoms with Gasteiger partial charge in [-0.25, -0.2) is 0 Å². The molecule has 7 nitrogen and oxygen atoms in total. The number of hydrogen-bond acceptors (Lipinski definition) is 5. The lowest BCUT2D eigenvalue weighted by Crippen LogP contribution is -2.47. The van der Waals surface area contributed by atoms with Gasteiger partial charge in [0.25, 0.3) is 0 Å². The number of nitrogens with two attached hydrogens (primary N) is 2. The number of nitrogen functional groups attached to an aromatic ring is 1. The fourth-order valence-corrected chi connectivity index (χ4v) is 2.71. The Hall–Kier alpha value is -2.28. The average molecular weight is 305 g/mol. The second kappa shape index (κ2) is 7.13. The quantitative estimate of drug-likeness (QED) is 0.566. The molecule has 1 aliphatic rings. The molecule has 1 aromatic carbocycles. The summed E-state index contributed by atoms with van der Waals surface area (Å²) in [4.78, 5) is 25.5. The molecule has 0 spiro atoms. The molecule has 6 N–H and O–H groups in total. The summed E-state index contributed by atoms with van der Waals surface area (Å²) in [5.74, 6) is -0.323. The first-order valence-corrected chi connectivity index (χ1v) is 7.40. The molecule has 0 saturated carbocycles. The molecule has 0 bridgehead atoms. The summed E-state index contributed by atoms with van der Waals surface area (Å²) in [6, 6.07) is 5.19. The van der Waals surface area contributed by atoms with E-state index in [9.17, 15) is 9.59 Å². The van der Waals surface area contributed by atoms with E-state index in [4.69, 9.17) is 11.5 Å². The molecule has 1 unspecified atom stereocenters. The van der Waals surface area contributed by atoms with Crippen LogP contribution in [0.1, 0.15) is 18.4 Å². The highest BCUT2D eigenvalue weighted by molar-refractivity contribution is 5.88. The lowest BCUT2D eigenvalue weighted by Gasteiger charge is -2.23. The summed E-state index contributed by atoms with van der Waals surface area (Å²) >= 11 is 0. The Labute approximate surface area is 130 Å². The monoisotopic (exact) mass is 305 g/mol. The van der Waals surface area contributed by atoms with E-state index in [2.05, 4.69) is 10.6 Å². The van der Waals surface area contributed by atoms with Crippen molar-refractivity contribution in [3.05, 3.63) is 23.8 Å². The predicted octanol–water partition coefficient (Wildman–Crippen LogP) is -0.124. The van der Waals surface area contributed by atoms with Gasteiger partial charge in [-0.3, -0.25) is 9.59 Å². The number of anilines is 2. The van der Waals surface area contributed by atoms with Crippen molar-refractivity contribution in [1.29, 1.82) is 0 Å². The summed E-state index contributed by atoms with van der Waals surface area (Å²) in [5, 5.41) is 5.85. The molecule has 120 valence electrons. The van der Waals surface area contributed by atoms with Gasteiger partial charge in [0.15, 0.2) is 0 Å². The smallest absolute Gasteiger partial charge is 0.243 e. The van der Waals surface area contributed by atoms with Crippen LogP contribution in [0.25, 0.3) is 0 Å². The van der Waals surface area contributed by atoms with Gasteiger partial charge in [-0.05, 0) is 30.5 Å². The number of rotatable bonds is 5. The van der Waals surface area contributed by atoms with E-state index in [1.54, 1.807) is 11.9 Å². The zero-order valence-corrected chi connectivity index (χ0v) is 12.8. The largest absolute Gasteiger partial charge is 0.397 e. The Balaban J connectivity index is 1.95. The summed E-state index contributed by atoms with van der Waals surface area (Å²) in [6.07, 6.45) is 1.51. The normalized spacial score (nSPS) is 17.4. The zero-order chi connectivity index (χ0) is 16.1. The molecule has 22 heavy (non-hydrogen) atoms. The fraction of sp³-hybridized carbons (Fsp3) is 0.467. The fourth-order valence-electron chi connectivity index (χ4n) is 2.71. The Morgan fingerprint density at radius 3 is 2.82 bits per heavy atom. The third-order valence-corrected chi connectivity index (χ3v) is 3.90. The Morgan fingerprint density at radius 1 is 1.41 bits per heavy atom. The lowest BCUT2D eigenvalue weighted by atomic mass is 10.1. The van der Waals surface area contributed by atoms with Crippen molar-refractivity contribution < 1.29 is 9.59 Å². The van der Waals surface area contributed by atoms with Crippen LogP contribution in [-0.4, -0.2) is 42.9 Å². The average Bonchev–Trinajstić information content (AvgIpc) is 3.01. The van der Waals surface area contributed by atoms with Gasteiger partial charge in [0.2, 0.25) is 11.8 Å². The summed E-state index contributed by atoms with van der Waals surface area (Å²) in [5.41, 5.74) is 13.7. The highest BCUT2D eigenvalue weighted by atomic mass is 16.2. The molecule has 2 rings (SSSR count). The van der Waals surface area contributed by atoms with E-state index < -0.39 is 6.04 Å². The number of hydrogen-bond donors (Lipinski definition) is 4. The molecule has 2 amide bonds. The minimum absolute atomic E-state index is 0.0637. The van der Waals surface area contributed by atoms with Gasteiger partial charge >= 0.3 is 0 Å². The maximum absolute atomic E-state index is 12.3. The standard InChI is InChI=1S/C15H23N5O2/c1-18-12-5-4-10(7-11(12)17)9-19-15(22)13-3-2-6-20(13)14(21)8-16/h4-5,7,13,18H,2-3,6,8-9,16-17H2,1H3,(H,19,22). The highest BCUT2D eigenvalue weighted by Crippen LogP contribution is 2.20. The maximum atomic E-state index is 12.3. The van der Waals surface area contributed by atoms with E-state index in [-0.39, 0.29) is 18.4 Å².